The number of nitrogens with zero attached hydrogens (tertiary/aromatic N) is 3. The van der Waals surface area contributed by atoms with Gasteiger partial charge in [-0.05, 0) is 49.7 Å². The maximum absolute atomic E-state index is 14.8. The third kappa shape index (κ3) is 5.87. The van der Waals surface area contributed by atoms with Crippen molar-refractivity contribution in [1.29, 1.82) is 0 Å². The van der Waals surface area contributed by atoms with Gasteiger partial charge in [0.2, 0.25) is 11.7 Å². The number of amides is 2. The maximum atomic E-state index is 14.8. The minimum atomic E-state index is -1.08. The van der Waals surface area contributed by atoms with E-state index in [-0.39, 0.29) is 36.2 Å². The van der Waals surface area contributed by atoms with Crippen LogP contribution in [0.4, 0.5) is 20.3 Å². The number of hydrogen-bond donors (Lipinski definition) is 5. The van der Waals surface area contributed by atoms with E-state index < -0.39 is 23.3 Å². The van der Waals surface area contributed by atoms with Crippen molar-refractivity contribution in [3.05, 3.63) is 71.7 Å². The molecular formula is C29H31F2N7O4. The van der Waals surface area contributed by atoms with Crippen LogP contribution in [-0.4, -0.2) is 69.7 Å². The van der Waals surface area contributed by atoms with Crippen LogP contribution in [0.5, 0.6) is 5.75 Å². The molecule has 220 valence electrons. The molecule has 1 aliphatic rings. The quantitative estimate of drug-likeness (QED) is 0.191. The summed E-state index contributed by atoms with van der Waals surface area (Å²) < 4.78 is 35.6. The van der Waals surface area contributed by atoms with E-state index in [1.165, 1.54) is 31.6 Å². The molecule has 3 heterocycles. The molecule has 0 spiro atoms. The van der Waals surface area contributed by atoms with Gasteiger partial charge in [0, 0.05) is 55.3 Å². The normalized spacial score (nSPS) is 18.2. The second kappa shape index (κ2) is 11.7. The highest BCUT2D eigenvalue weighted by molar-refractivity contribution is 5.96. The lowest BCUT2D eigenvalue weighted by molar-refractivity contribution is -0.123. The van der Waals surface area contributed by atoms with Crippen molar-refractivity contribution >= 4 is 29.0 Å². The van der Waals surface area contributed by atoms with E-state index in [1.807, 2.05) is 0 Å². The number of β-amino-alcohol motifs (C(OH)–C–C–N with tert-alkyl or cyclic N) is 1. The molecule has 42 heavy (non-hydrogen) atoms. The third-order valence-corrected chi connectivity index (χ3v) is 7.10. The summed E-state index contributed by atoms with van der Waals surface area (Å²) in [5.41, 5.74) is 1.64. The number of anilines is 2. The largest absolute Gasteiger partial charge is 0.494 e. The molecule has 0 saturated carbocycles. The van der Waals surface area contributed by atoms with E-state index in [0.717, 1.165) is 0 Å². The van der Waals surface area contributed by atoms with Gasteiger partial charge in [0.15, 0.2) is 23.0 Å². The average molecular weight is 580 g/mol. The molecule has 2 unspecified atom stereocenters. The standard InChI is InChI=1S/C29H31F2N7O4/c1-16-12-17(4-5-18(16)27(39)33-8-9-34-28(40)20-13-29(2,41)15-36-20)37-25-26-35-14-21(38(26)11-10-32-25)19-6-7-22(42-3)24(31)23(19)30/h4-7,10-12,14,20,36,41H,8-9,13,15H2,1-3H3,(H,32,37)(H,33,39)(H,34,40). The number of carbonyl (C=O) groups excluding carboxylic acids is 2. The van der Waals surface area contributed by atoms with E-state index >= 15 is 0 Å². The van der Waals surface area contributed by atoms with Crippen LogP contribution in [0, 0.1) is 18.6 Å². The maximum Gasteiger partial charge on any atom is 0.251 e. The first-order valence-electron chi connectivity index (χ1n) is 13.3. The van der Waals surface area contributed by atoms with Gasteiger partial charge in [-0.1, -0.05) is 0 Å². The molecule has 2 amide bonds. The lowest BCUT2D eigenvalue weighted by Gasteiger charge is -2.15. The fourth-order valence-electron chi connectivity index (χ4n) is 4.92. The number of hydrogen-bond acceptors (Lipinski definition) is 8. The second-order valence-corrected chi connectivity index (χ2v) is 10.4. The van der Waals surface area contributed by atoms with Crippen molar-refractivity contribution in [1.82, 2.24) is 30.3 Å². The second-order valence-electron chi connectivity index (χ2n) is 10.4. The minimum Gasteiger partial charge on any atom is -0.494 e. The summed E-state index contributed by atoms with van der Waals surface area (Å²) in [6.07, 6.45) is 4.87. The summed E-state index contributed by atoms with van der Waals surface area (Å²) in [6.45, 7) is 4.31. The Kier molecular flexibility index (Phi) is 8.05. The zero-order valence-corrected chi connectivity index (χ0v) is 23.3. The van der Waals surface area contributed by atoms with Gasteiger partial charge in [-0.3, -0.25) is 14.0 Å². The van der Waals surface area contributed by atoms with Gasteiger partial charge >= 0.3 is 0 Å². The number of aliphatic hydroxyl groups is 1. The van der Waals surface area contributed by atoms with E-state index in [4.69, 9.17) is 4.74 Å². The first kappa shape index (κ1) is 28.9. The average Bonchev–Trinajstić information content (AvgIpc) is 3.56. The number of halogens is 2. The molecule has 2 aromatic carbocycles. The molecule has 1 saturated heterocycles. The Hall–Kier alpha value is -4.62. The molecule has 1 aliphatic heterocycles. The van der Waals surface area contributed by atoms with Crippen LogP contribution in [0.3, 0.4) is 0 Å². The van der Waals surface area contributed by atoms with Crippen molar-refractivity contribution in [3.8, 4) is 17.0 Å². The number of rotatable bonds is 9. The molecule has 1 fully saturated rings. The SMILES string of the molecule is COc1ccc(-c2cnc3c(Nc4ccc(C(=O)NCCNC(=O)C5CC(C)(O)CN5)c(C)c4)nccn23)c(F)c1F. The van der Waals surface area contributed by atoms with Crippen LogP contribution >= 0.6 is 0 Å². The Labute approximate surface area is 240 Å². The molecular weight excluding hydrogens is 548 g/mol. The summed E-state index contributed by atoms with van der Waals surface area (Å²) in [7, 11) is 1.27. The molecule has 5 N–H and O–H groups in total. The lowest BCUT2D eigenvalue weighted by Crippen LogP contribution is -2.43. The lowest BCUT2D eigenvalue weighted by atomic mass is 10.0. The summed E-state index contributed by atoms with van der Waals surface area (Å²) in [4.78, 5) is 33.7. The number of imidazole rings is 1. The van der Waals surface area contributed by atoms with Gasteiger partial charge in [-0.25, -0.2) is 14.4 Å². The Morgan fingerprint density at radius 1 is 1.17 bits per heavy atom. The number of aromatic nitrogens is 3. The molecule has 5 rings (SSSR count). The summed E-state index contributed by atoms with van der Waals surface area (Å²) in [6, 6.07) is 7.48. The van der Waals surface area contributed by atoms with Crippen LogP contribution in [0.15, 0.2) is 48.9 Å². The van der Waals surface area contributed by atoms with E-state index in [0.29, 0.717) is 46.9 Å². The van der Waals surface area contributed by atoms with Crippen LogP contribution in [0.1, 0.15) is 29.3 Å². The van der Waals surface area contributed by atoms with Gasteiger partial charge < -0.3 is 31.1 Å². The Bertz CT molecular complexity index is 1660. The smallest absolute Gasteiger partial charge is 0.251 e. The number of ether oxygens (including phenoxy) is 1. The Morgan fingerprint density at radius 3 is 2.67 bits per heavy atom. The fraction of sp³-hybridized carbons (Fsp3) is 0.310. The van der Waals surface area contributed by atoms with E-state index in [9.17, 15) is 23.5 Å². The molecule has 0 bridgehead atoms. The number of benzene rings is 2. The van der Waals surface area contributed by atoms with Crippen LogP contribution < -0.4 is 26.0 Å². The molecule has 11 nitrogen and oxygen atoms in total. The summed E-state index contributed by atoms with van der Waals surface area (Å²) in [5, 5.41) is 21.7. The van der Waals surface area contributed by atoms with E-state index in [2.05, 4.69) is 31.2 Å². The number of nitrogens with one attached hydrogen (secondary N) is 4. The van der Waals surface area contributed by atoms with Gasteiger partial charge in [0.25, 0.3) is 5.91 Å². The predicted octanol–water partition coefficient (Wildman–Crippen LogP) is 2.69. The monoisotopic (exact) mass is 579 g/mol. The molecule has 13 heteroatoms. The van der Waals surface area contributed by atoms with Gasteiger partial charge in [0.1, 0.15) is 0 Å². The number of fused-ring (bicyclic) bond motifs is 1. The molecule has 0 radical (unpaired) electrons. The molecule has 2 aromatic heterocycles. The van der Waals surface area contributed by atoms with Crippen molar-refractivity contribution < 1.29 is 28.2 Å². The van der Waals surface area contributed by atoms with Gasteiger partial charge in [-0.15, -0.1) is 0 Å². The third-order valence-electron chi connectivity index (χ3n) is 7.10. The Morgan fingerprint density at radius 2 is 1.95 bits per heavy atom. The van der Waals surface area contributed by atoms with Crippen molar-refractivity contribution in [2.75, 3.05) is 32.1 Å². The van der Waals surface area contributed by atoms with Crippen LogP contribution in [0.25, 0.3) is 16.9 Å². The Balaban J connectivity index is 1.23. The highest BCUT2D eigenvalue weighted by atomic mass is 19.2. The van der Waals surface area contributed by atoms with E-state index in [1.54, 1.807) is 42.6 Å². The first-order chi connectivity index (χ1) is 20.1. The summed E-state index contributed by atoms with van der Waals surface area (Å²) >= 11 is 0. The van der Waals surface area contributed by atoms with Crippen molar-refractivity contribution in [3.63, 3.8) is 0 Å². The van der Waals surface area contributed by atoms with Crippen molar-refractivity contribution in [2.45, 2.75) is 31.9 Å². The van der Waals surface area contributed by atoms with Gasteiger partial charge in [0.05, 0.1) is 30.6 Å². The highest BCUT2D eigenvalue weighted by Gasteiger charge is 2.36. The zero-order chi connectivity index (χ0) is 30.0. The summed E-state index contributed by atoms with van der Waals surface area (Å²) in [5.74, 6) is -2.46. The van der Waals surface area contributed by atoms with Gasteiger partial charge in [-0.2, -0.15) is 4.39 Å². The molecule has 4 aromatic rings. The van der Waals surface area contributed by atoms with Crippen molar-refractivity contribution in [2.24, 2.45) is 0 Å². The number of aryl methyl sites for hydroxylation is 1. The topological polar surface area (TPSA) is 142 Å². The molecule has 2 atom stereocenters. The van der Waals surface area contributed by atoms with Crippen LogP contribution in [0.2, 0.25) is 0 Å². The first-order valence-corrected chi connectivity index (χ1v) is 13.3. The highest BCUT2D eigenvalue weighted by Crippen LogP contribution is 2.31. The fourth-order valence-corrected chi connectivity index (χ4v) is 4.92. The zero-order valence-electron chi connectivity index (χ0n) is 23.3. The number of carbonyl (C=O) groups is 2. The molecule has 0 aliphatic carbocycles. The minimum absolute atomic E-state index is 0.0204. The number of methoxy groups -OCH3 is 1. The van der Waals surface area contributed by atoms with Crippen LogP contribution in [-0.2, 0) is 4.79 Å². The predicted molar refractivity (Wildman–Crippen MR) is 152 cm³/mol.